The molecule has 0 unspecified atom stereocenters. The summed E-state index contributed by atoms with van der Waals surface area (Å²) in [6.07, 6.45) is -0.189. The molecular formula is C17H13N3O5. The Kier molecular flexibility index (Phi) is 4.17. The highest BCUT2D eigenvalue weighted by molar-refractivity contribution is 5.45. The average molecular weight is 339 g/mol. The highest BCUT2D eigenvalue weighted by atomic mass is 16.6. The summed E-state index contributed by atoms with van der Waals surface area (Å²) in [7, 11) is 0. The van der Waals surface area contributed by atoms with Gasteiger partial charge in [0.05, 0.1) is 16.2 Å². The van der Waals surface area contributed by atoms with Crippen LogP contribution in [0.4, 0.5) is 5.69 Å². The number of aromatic nitrogens is 2. The Morgan fingerprint density at radius 2 is 1.68 bits per heavy atom. The van der Waals surface area contributed by atoms with Crippen LogP contribution in [0.3, 0.4) is 0 Å². The van der Waals surface area contributed by atoms with Crippen LogP contribution in [0, 0.1) is 10.1 Å². The van der Waals surface area contributed by atoms with Crippen LogP contribution in [0.5, 0.6) is 5.88 Å². The van der Waals surface area contributed by atoms with Crippen LogP contribution in [0.1, 0.15) is 11.1 Å². The molecule has 1 heterocycles. The van der Waals surface area contributed by atoms with E-state index in [1.807, 2.05) is 0 Å². The highest BCUT2D eigenvalue weighted by Crippen LogP contribution is 2.24. The summed E-state index contributed by atoms with van der Waals surface area (Å²) in [5.41, 5.74) is -1.25. The standard InChI is InChI=1S/C17H13N3O5/c21-15-13(10-11-6-4-5-9-14(11)20(24)25)16(22)19(17(23)18-15)12-7-2-1-3-8-12/h1-9,22H,10H2,(H,18,21,23). The predicted molar refractivity (Wildman–Crippen MR) is 90.2 cm³/mol. The van der Waals surface area contributed by atoms with Gasteiger partial charge in [-0.15, -0.1) is 0 Å². The van der Waals surface area contributed by atoms with Crippen LogP contribution in [0.25, 0.3) is 5.69 Å². The van der Waals surface area contributed by atoms with Crippen LogP contribution in [0.2, 0.25) is 0 Å². The number of nitro groups is 1. The van der Waals surface area contributed by atoms with E-state index in [1.54, 1.807) is 36.4 Å². The van der Waals surface area contributed by atoms with E-state index >= 15 is 0 Å². The molecule has 0 amide bonds. The minimum absolute atomic E-state index is 0.127. The van der Waals surface area contributed by atoms with Crippen molar-refractivity contribution in [3.63, 3.8) is 0 Å². The Labute approximate surface area is 140 Å². The molecule has 0 atom stereocenters. The molecule has 25 heavy (non-hydrogen) atoms. The fourth-order valence-electron chi connectivity index (χ4n) is 2.57. The third-order valence-corrected chi connectivity index (χ3v) is 3.75. The summed E-state index contributed by atoms with van der Waals surface area (Å²) in [5.74, 6) is -0.543. The normalized spacial score (nSPS) is 10.6. The number of nitro benzene ring substituents is 1. The van der Waals surface area contributed by atoms with Gasteiger partial charge < -0.3 is 5.11 Å². The van der Waals surface area contributed by atoms with Gasteiger partial charge in [-0.25, -0.2) is 9.36 Å². The molecule has 2 N–H and O–H groups in total. The van der Waals surface area contributed by atoms with Crippen LogP contribution < -0.4 is 11.2 Å². The Morgan fingerprint density at radius 3 is 2.36 bits per heavy atom. The van der Waals surface area contributed by atoms with Crippen molar-refractivity contribution >= 4 is 5.69 Å². The van der Waals surface area contributed by atoms with E-state index in [-0.39, 0.29) is 23.2 Å². The Bertz CT molecular complexity index is 1050. The Morgan fingerprint density at radius 1 is 1.04 bits per heavy atom. The first-order chi connectivity index (χ1) is 12.0. The molecule has 0 bridgehead atoms. The smallest absolute Gasteiger partial charge is 0.335 e. The predicted octanol–water partition coefficient (Wildman–Crippen LogP) is 1.73. The number of rotatable bonds is 4. The van der Waals surface area contributed by atoms with Crippen molar-refractivity contribution < 1.29 is 10.0 Å². The zero-order valence-corrected chi connectivity index (χ0v) is 12.9. The highest BCUT2D eigenvalue weighted by Gasteiger charge is 2.20. The van der Waals surface area contributed by atoms with Gasteiger partial charge in [0, 0.05) is 18.1 Å². The first kappa shape index (κ1) is 16.2. The zero-order valence-electron chi connectivity index (χ0n) is 12.9. The quantitative estimate of drug-likeness (QED) is 0.554. The minimum Gasteiger partial charge on any atom is -0.494 e. The lowest BCUT2D eigenvalue weighted by Gasteiger charge is -2.11. The van der Waals surface area contributed by atoms with Crippen LogP contribution in [-0.2, 0) is 6.42 Å². The monoisotopic (exact) mass is 339 g/mol. The number of H-pyrrole nitrogens is 1. The van der Waals surface area contributed by atoms with Gasteiger partial charge in [0.25, 0.3) is 11.2 Å². The van der Waals surface area contributed by atoms with Crippen molar-refractivity contribution in [2.75, 3.05) is 0 Å². The van der Waals surface area contributed by atoms with Gasteiger partial charge in [0.1, 0.15) is 0 Å². The first-order valence-corrected chi connectivity index (χ1v) is 7.34. The van der Waals surface area contributed by atoms with Gasteiger partial charge in [-0.3, -0.25) is 19.9 Å². The third-order valence-electron chi connectivity index (χ3n) is 3.75. The van der Waals surface area contributed by atoms with Gasteiger partial charge in [0.15, 0.2) is 0 Å². The molecule has 3 rings (SSSR count). The van der Waals surface area contributed by atoms with E-state index in [4.69, 9.17) is 0 Å². The van der Waals surface area contributed by atoms with E-state index < -0.39 is 22.1 Å². The second-order valence-corrected chi connectivity index (χ2v) is 5.29. The number of hydrogen-bond donors (Lipinski definition) is 2. The topological polar surface area (TPSA) is 118 Å². The van der Waals surface area contributed by atoms with Gasteiger partial charge in [-0.2, -0.15) is 0 Å². The van der Waals surface area contributed by atoms with Crippen molar-refractivity contribution in [2.24, 2.45) is 0 Å². The molecule has 8 nitrogen and oxygen atoms in total. The molecular weight excluding hydrogens is 326 g/mol. The van der Waals surface area contributed by atoms with E-state index in [0.29, 0.717) is 5.69 Å². The lowest BCUT2D eigenvalue weighted by atomic mass is 10.0. The Hall–Kier alpha value is -3.68. The third kappa shape index (κ3) is 3.05. The maximum Gasteiger partial charge on any atom is 0.335 e. The minimum atomic E-state index is -0.792. The molecule has 0 radical (unpaired) electrons. The SMILES string of the molecule is O=c1[nH]c(=O)n(-c2ccccc2)c(O)c1Cc1ccccc1[N+](=O)[O-]. The largest absolute Gasteiger partial charge is 0.494 e. The van der Waals surface area contributed by atoms with Gasteiger partial charge >= 0.3 is 5.69 Å². The van der Waals surface area contributed by atoms with Crippen LogP contribution in [0.15, 0.2) is 64.2 Å². The van der Waals surface area contributed by atoms with Crippen molar-refractivity contribution in [3.05, 3.63) is 96.7 Å². The Balaban J connectivity index is 2.17. The number of aromatic hydroxyl groups is 1. The lowest BCUT2D eigenvalue weighted by molar-refractivity contribution is -0.385. The average Bonchev–Trinajstić information content (AvgIpc) is 2.59. The summed E-state index contributed by atoms with van der Waals surface area (Å²) in [6.45, 7) is 0. The second-order valence-electron chi connectivity index (χ2n) is 5.29. The van der Waals surface area contributed by atoms with E-state index in [0.717, 1.165) is 4.57 Å². The number of aromatic amines is 1. The molecule has 0 saturated heterocycles. The number of benzene rings is 2. The molecule has 126 valence electrons. The maximum atomic E-state index is 12.1. The fraction of sp³-hybridized carbons (Fsp3) is 0.0588. The summed E-state index contributed by atoms with van der Waals surface area (Å²) in [5, 5.41) is 21.6. The van der Waals surface area contributed by atoms with E-state index in [2.05, 4.69) is 4.98 Å². The molecule has 3 aromatic rings. The van der Waals surface area contributed by atoms with Crippen LogP contribution in [-0.4, -0.2) is 19.6 Å². The van der Waals surface area contributed by atoms with Crippen molar-refractivity contribution in [1.82, 2.24) is 9.55 Å². The molecule has 0 spiro atoms. The lowest BCUT2D eigenvalue weighted by Crippen LogP contribution is -2.31. The second kappa shape index (κ2) is 6.44. The summed E-state index contributed by atoms with van der Waals surface area (Å²) in [4.78, 5) is 36.9. The van der Waals surface area contributed by atoms with Gasteiger partial charge in [0.2, 0.25) is 5.88 Å². The number of para-hydroxylation sites is 2. The first-order valence-electron chi connectivity index (χ1n) is 7.34. The van der Waals surface area contributed by atoms with E-state index in [9.17, 15) is 24.8 Å². The summed E-state index contributed by atoms with van der Waals surface area (Å²) >= 11 is 0. The maximum absolute atomic E-state index is 12.1. The van der Waals surface area contributed by atoms with Gasteiger partial charge in [-0.05, 0) is 12.1 Å². The fourth-order valence-corrected chi connectivity index (χ4v) is 2.57. The molecule has 1 aromatic heterocycles. The van der Waals surface area contributed by atoms with Crippen molar-refractivity contribution in [1.29, 1.82) is 0 Å². The summed E-state index contributed by atoms with van der Waals surface area (Å²) < 4.78 is 0.950. The number of hydrogen-bond acceptors (Lipinski definition) is 5. The van der Waals surface area contributed by atoms with Crippen molar-refractivity contribution in [2.45, 2.75) is 6.42 Å². The number of nitrogens with one attached hydrogen (secondary N) is 1. The van der Waals surface area contributed by atoms with E-state index in [1.165, 1.54) is 18.2 Å². The molecule has 0 fully saturated rings. The molecule has 0 aliphatic carbocycles. The van der Waals surface area contributed by atoms with Crippen molar-refractivity contribution in [3.8, 4) is 11.6 Å². The summed E-state index contributed by atoms with van der Waals surface area (Å²) in [6, 6.07) is 14.2. The molecule has 2 aromatic carbocycles. The molecule has 8 heteroatoms. The van der Waals surface area contributed by atoms with Crippen LogP contribution >= 0.6 is 0 Å². The molecule has 0 saturated carbocycles. The molecule has 0 aliphatic rings. The number of nitrogens with zero attached hydrogens (tertiary/aromatic N) is 2. The molecule has 0 aliphatic heterocycles. The van der Waals surface area contributed by atoms with Gasteiger partial charge in [-0.1, -0.05) is 36.4 Å². The zero-order chi connectivity index (χ0) is 18.0.